The van der Waals surface area contributed by atoms with Crippen LogP contribution in [-0.2, 0) is 0 Å². The number of methoxy groups -OCH3 is 1. The molecule has 9 heteroatoms. The van der Waals surface area contributed by atoms with E-state index in [1.165, 1.54) is 7.11 Å². The molecule has 35 heavy (non-hydrogen) atoms. The first-order valence-electron chi connectivity index (χ1n) is 11.0. The van der Waals surface area contributed by atoms with Crippen molar-refractivity contribution < 1.29 is 14.3 Å². The maximum Gasteiger partial charge on any atom is 0.259 e. The van der Waals surface area contributed by atoms with Gasteiger partial charge in [0.25, 0.3) is 11.8 Å². The number of nitrogens with zero attached hydrogens (tertiary/aromatic N) is 2. The zero-order valence-electron chi connectivity index (χ0n) is 19.3. The molecule has 1 fully saturated rings. The van der Waals surface area contributed by atoms with Crippen LogP contribution in [0.25, 0.3) is 0 Å². The van der Waals surface area contributed by atoms with Gasteiger partial charge in [-0.1, -0.05) is 45.7 Å². The van der Waals surface area contributed by atoms with Crippen molar-refractivity contribution in [3.63, 3.8) is 0 Å². The van der Waals surface area contributed by atoms with E-state index in [0.29, 0.717) is 52.7 Å². The molecule has 2 amide bonds. The molecule has 0 unspecified atom stereocenters. The van der Waals surface area contributed by atoms with Crippen molar-refractivity contribution in [1.82, 2.24) is 4.90 Å². The number of carbonyl (C=O) groups excluding carboxylic acids is 2. The van der Waals surface area contributed by atoms with Crippen LogP contribution in [0, 0.1) is 6.92 Å². The summed E-state index contributed by atoms with van der Waals surface area (Å²) in [6.07, 6.45) is 0. The van der Waals surface area contributed by atoms with Crippen LogP contribution in [0.3, 0.4) is 0 Å². The van der Waals surface area contributed by atoms with Gasteiger partial charge in [0, 0.05) is 41.9 Å². The average molecular weight is 622 g/mol. The highest BCUT2D eigenvalue weighted by atomic mass is 79.9. The van der Waals surface area contributed by atoms with E-state index in [4.69, 9.17) is 16.3 Å². The van der Waals surface area contributed by atoms with E-state index in [2.05, 4.69) is 42.1 Å². The number of benzene rings is 3. The van der Waals surface area contributed by atoms with Gasteiger partial charge in [-0.05, 0) is 64.8 Å². The first-order valence-corrected chi connectivity index (χ1v) is 13.0. The third kappa shape index (κ3) is 5.66. The topological polar surface area (TPSA) is 61.9 Å². The van der Waals surface area contributed by atoms with Gasteiger partial charge < -0.3 is 19.9 Å². The molecule has 0 aromatic heterocycles. The van der Waals surface area contributed by atoms with E-state index < -0.39 is 0 Å². The third-order valence-electron chi connectivity index (χ3n) is 5.95. The first kappa shape index (κ1) is 25.5. The summed E-state index contributed by atoms with van der Waals surface area (Å²) in [6.45, 7) is 4.52. The van der Waals surface area contributed by atoms with Gasteiger partial charge in [0.05, 0.1) is 27.9 Å². The van der Waals surface area contributed by atoms with Gasteiger partial charge in [-0.25, -0.2) is 0 Å². The molecule has 0 saturated carbocycles. The summed E-state index contributed by atoms with van der Waals surface area (Å²) >= 11 is 13.4. The number of hydrogen-bond acceptors (Lipinski definition) is 4. The van der Waals surface area contributed by atoms with E-state index in [1.54, 1.807) is 12.1 Å². The van der Waals surface area contributed by atoms with Crippen LogP contribution in [0.4, 0.5) is 11.4 Å². The lowest BCUT2D eigenvalue weighted by Gasteiger charge is -2.36. The second-order valence-electron chi connectivity index (χ2n) is 8.18. The summed E-state index contributed by atoms with van der Waals surface area (Å²) in [5.41, 5.74) is 3.57. The summed E-state index contributed by atoms with van der Waals surface area (Å²) in [6, 6.07) is 16.6. The van der Waals surface area contributed by atoms with Gasteiger partial charge in [0.1, 0.15) is 5.75 Å². The molecule has 0 radical (unpaired) electrons. The Labute approximate surface area is 226 Å². The monoisotopic (exact) mass is 619 g/mol. The molecule has 1 aliphatic heterocycles. The van der Waals surface area contributed by atoms with Crippen molar-refractivity contribution in [2.24, 2.45) is 0 Å². The lowest BCUT2D eigenvalue weighted by molar-refractivity contribution is 0.0746. The molecular weight excluding hydrogens is 598 g/mol. The predicted molar refractivity (Wildman–Crippen MR) is 147 cm³/mol. The van der Waals surface area contributed by atoms with Crippen LogP contribution in [0.5, 0.6) is 5.75 Å². The van der Waals surface area contributed by atoms with Crippen LogP contribution in [0.1, 0.15) is 26.3 Å². The standard InChI is InChI=1S/C26H24Br2ClN3O3/c1-16-5-3-4-6-19(16)26(34)32-11-9-31(10-12-32)23-8-7-18(15-22(23)29)30-25(33)20-13-17(27)14-21(28)24(20)35-2/h3-8,13-15H,9-12H2,1-2H3,(H,30,33). The number of carbonyl (C=O) groups is 2. The van der Waals surface area contributed by atoms with Crippen LogP contribution < -0.4 is 15.0 Å². The molecule has 1 aliphatic rings. The Morgan fingerprint density at radius 2 is 1.69 bits per heavy atom. The molecule has 1 N–H and O–H groups in total. The fraction of sp³-hybridized carbons (Fsp3) is 0.231. The van der Waals surface area contributed by atoms with Gasteiger partial charge in [0.15, 0.2) is 0 Å². The lowest BCUT2D eigenvalue weighted by atomic mass is 10.1. The zero-order chi connectivity index (χ0) is 25.1. The highest BCUT2D eigenvalue weighted by molar-refractivity contribution is 9.11. The Kier molecular flexibility index (Phi) is 8.04. The van der Waals surface area contributed by atoms with Crippen LogP contribution in [0.2, 0.25) is 5.02 Å². The van der Waals surface area contributed by atoms with E-state index >= 15 is 0 Å². The largest absolute Gasteiger partial charge is 0.495 e. The van der Waals surface area contributed by atoms with Crippen molar-refractivity contribution in [2.75, 3.05) is 43.5 Å². The first-order chi connectivity index (χ1) is 16.8. The number of amides is 2. The second-order valence-corrected chi connectivity index (χ2v) is 10.4. The molecule has 1 heterocycles. The normalized spacial score (nSPS) is 13.5. The minimum atomic E-state index is -0.309. The molecule has 0 spiro atoms. The summed E-state index contributed by atoms with van der Waals surface area (Å²) in [5.74, 6) is 0.198. The number of anilines is 2. The lowest BCUT2D eigenvalue weighted by Crippen LogP contribution is -2.49. The molecule has 0 aliphatic carbocycles. The fourth-order valence-electron chi connectivity index (χ4n) is 4.11. The molecule has 6 nitrogen and oxygen atoms in total. The van der Waals surface area contributed by atoms with Crippen molar-refractivity contribution in [1.29, 1.82) is 0 Å². The van der Waals surface area contributed by atoms with Crippen molar-refractivity contribution >= 4 is 66.6 Å². The van der Waals surface area contributed by atoms with Gasteiger partial charge in [-0.3, -0.25) is 9.59 Å². The summed E-state index contributed by atoms with van der Waals surface area (Å²) in [7, 11) is 1.52. The Bertz CT molecular complexity index is 1280. The quantitative estimate of drug-likeness (QED) is 0.359. The van der Waals surface area contributed by atoms with Crippen molar-refractivity contribution in [3.05, 3.63) is 85.3 Å². The molecule has 0 atom stereocenters. The molecule has 3 aromatic carbocycles. The van der Waals surface area contributed by atoms with Gasteiger partial charge in [0.2, 0.25) is 0 Å². The summed E-state index contributed by atoms with van der Waals surface area (Å²) in [4.78, 5) is 29.9. The van der Waals surface area contributed by atoms with Crippen molar-refractivity contribution in [3.8, 4) is 5.75 Å². The molecule has 1 saturated heterocycles. The van der Waals surface area contributed by atoms with E-state index in [-0.39, 0.29) is 11.8 Å². The second kappa shape index (κ2) is 11.0. The number of rotatable bonds is 5. The van der Waals surface area contributed by atoms with Gasteiger partial charge in [-0.15, -0.1) is 0 Å². The molecule has 0 bridgehead atoms. The highest BCUT2D eigenvalue weighted by Gasteiger charge is 2.24. The van der Waals surface area contributed by atoms with Crippen LogP contribution in [0.15, 0.2) is 63.5 Å². The zero-order valence-corrected chi connectivity index (χ0v) is 23.2. The predicted octanol–water partition coefficient (Wildman–Crippen LogP) is 6.40. The maximum atomic E-state index is 12.9. The summed E-state index contributed by atoms with van der Waals surface area (Å²) in [5, 5.41) is 3.42. The third-order valence-corrected chi connectivity index (χ3v) is 7.30. The molecule has 3 aromatic rings. The Hall–Kier alpha value is -2.55. The SMILES string of the molecule is COc1c(Br)cc(Br)cc1C(=O)Nc1ccc(N2CCN(C(=O)c3ccccc3C)CC2)c(Cl)c1. The highest BCUT2D eigenvalue weighted by Crippen LogP contribution is 2.34. The molecule has 182 valence electrons. The number of halogens is 3. The van der Waals surface area contributed by atoms with Crippen LogP contribution >= 0.6 is 43.5 Å². The fourth-order valence-corrected chi connectivity index (χ4v) is 5.80. The minimum absolute atomic E-state index is 0.0570. The van der Waals surface area contributed by atoms with Gasteiger partial charge in [-0.2, -0.15) is 0 Å². The van der Waals surface area contributed by atoms with E-state index in [0.717, 1.165) is 21.3 Å². The van der Waals surface area contributed by atoms with Gasteiger partial charge >= 0.3 is 0 Å². The number of nitrogens with one attached hydrogen (secondary N) is 1. The van der Waals surface area contributed by atoms with E-state index in [9.17, 15) is 9.59 Å². The summed E-state index contributed by atoms with van der Waals surface area (Å²) < 4.78 is 6.81. The van der Waals surface area contributed by atoms with Crippen LogP contribution in [-0.4, -0.2) is 50.0 Å². The Balaban J connectivity index is 1.43. The smallest absolute Gasteiger partial charge is 0.259 e. The number of aryl methyl sites for hydroxylation is 1. The Morgan fingerprint density at radius 1 is 0.971 bits per heavy atom. The molecular formula is C26H24Br2ClN3O3. The minimum Gasteiger partial charge on any atom is -0.495 e. The maximum absolute atomic E-state index is 12.9. The number of hydrogen-bond donors (Lipinski definition) is 1. The average Bonchev–Trinajstić information content (AvgIpc) is 2.84. The Morgan fingerprint density at radius 3 is 2.34 bits per heavy atom. The molecule has 4 rings (SSSR count). The number of piperazine rings is 1. The van der Waals surface area contributed by atoms with Crippen molar-refractivity contribution in [2.45, 2.75) is 6.92 Å². The number of ether oxygens (including phenoxy) is 1. The van der Waals surface area contributed by atoms with E-state index in [1.807, 2.05) is 54.3 Å².